The van der Waals surface area contributed by atoms with Crippen LogP contribution in [0, 0.1) is 6.92 Å². The summed E-state index contributed by atoms with van der Waals surface area (Å²) in [4.78, 5) is 15.9. The Morgan fingerprint density at radius 2 is 1.82 bits per heavy atom. The average Bonchev–Trinajstić information content (AvgIpc) is 2.48. The number of hydrogen-bond acceptors (Lipinski definition) is 1. The third-order valence-electron chi connectivity index (χ3n) is 3.19. The molecule has 0 heterocycles. The van der Waals surface area contributed by atoms with E-state index in [2.05, 4.69) is 4.99 Å². The Morgan fingerprint density at radius 3 is 2.45 bits per heavy atom. The number of rotatable bonds is 4. The number of hydrogen-bond donors (Lipinski definition) is 2. The molecule has 2 aromatic carbocycles. The topological polar surface area (TPSA) is 81.5 Å². The molecule has 4 heteroatoms. The lowest BCUT2D eigenvalue weighted by Gasteiger charge is -2.09. The van der Waals surface area contributed by atoms with Crippen molar-refractivity contribution in [3.05, 3.63) is 77.4 Å². The molecule has 0 aromatic heterocycles. The fourth-order valence-corrected chi connectivity index (χ4v) is 2.17. The summed E-state index contributed by atoms with van der Waals surface area (Å²) in [5.41, 5.74) is 13.7. The first-order valence-electron chi connectivity index (χ1n) is 6.99. The zero-order valence-corrected chi connectivity index (χ0v) is 12.4. The number of guanidine groups is 1. The molecule has 2 rings (SSSR count). The Morgan fingerprint density at radius 1 is 1.09 bits per heavy atom. The van der Waals surface area contributed by atoms with E-state index in [0.29, 0.717) is 0 Å². The SMILES string of the molecule is Cc1cccc(/C=C/C(C(=O)N=C(N)N)c2ccccc2)c1. The summed E-state index contributed by atoms with van der Waals surface area (Å²) in [5.74, 6) is -1.12. The van der Waals surface area contributed by atoms with Gasteiger partial charge in [0.25, 0.3) is 5.91 Å². The maximum atomic E-state index is 12.2. The molecule has 1 amide bonds. The molecule has 1 atom stereocenters. The third kappa shape index (κ3) is 4.31. The van der Waals surface area contributed by atoms with E-state index in [0.717, 1.165) is 16.7 Å². The molecule has 0 aliphatic heterocycles. The smallest absolute Gasteiger partial charge is 0.260 e. The van der Waals surface area contributed by atoms with Crippen LogP contribution in [0.5, 0.6) is 0 Å². The summed E-state index contributed by atoms with van der Waals surface area (Å²) < 4.78 is 0. The summed E-state index contributed by atoms with van der Waals surface area (Å²) >= 11 is 0. The van der Waals surface area contributed by atoms with Crippen LogP contribution in [0.3, 0.4) is 0 Å². The summed E-state index contributed by atoms with van der Waals surface area (Å²) in [6, 6.07) is 17.4. The lowest BCUT2D eigenvalue weighted by molar-refractivity contribution is -0.118. The molecule has 0 saturated carbocycles. The molecule has 0 radical (unpaired) electrons. The van der Waals surface area contributed by atoms with Crippen LogP contribution in [0.15, 0.2) is 65.7 Å². The van der Waals surface area contributed by atoms with Gasteiger partial charge < -0.3 is 11.5 Å². The zero-order chi connectivity index (χ0) is 15.9. The number of nitrogens with zero attached hydrogens (tertiary/aromatic N) is 1. The van der Waals surface area contributed by atoms with Crippen molar-refractivity contribution in [3.63, 3.8) is 0 Å². The lowest BCUT2D eigenvalue weighted by atomic mass is 9.97. The van der Waals surface area contributed by atoms with E-state index in [1.807, 2.05) is 73.7 Å². The fourth-order valence-electron chi connectivity index (χ4n) is 2.17. The van der Waals surface area contributed by atoms with E-state index < -0.39 is 5.92 Å². The summed E-state index contributed by atoms with van der Waals surface area (Å²) in [6.45, 7) is 2.02. The van der Waals surface area contributed by atoms with Gasteiger partial charge in [0.05, 0.1) is 5.92 Å². The monoisotopic (exact) mass is 293 g/mol. The highest BCUT2D eigenvalue weighted by molar-refractivity contribution is 5.96. The second-order valence-corrected chi connectivity index (χ2v) is 5.04. The minimum atomic E-state index is -0.510. The van der Waals surface area contributed by atoms with Gasteiger partial charge in [0.2, 0.25) is 0 Å². The molecule has 0 aliphatic rings. The number of carbonyl (C=O) groups excluding carboxylic acids is 1. The van der Waals surface area contributed by atoms with Crippen molar-refractivity contribution in [2.75, 3.05) is 0 Å². The molecule has 1 unspecified atom stereocenters. The van der Waals surface area contributed by atoms with Gasteiger partial charge in [-0.25, -0.2) is 0 Å². The van der Waals surface area contributed by atoms with Gasteiger partial charge in [0.15, 0.2) is 5.96 Å². The van der Waals surface area contributed by atoms with Gasteiger partial charge in [-0.15, -0.1) is 0 Å². The van der Waals surface area contributed by atoms with Crippen LogP contribution in [-0.2, 0) is 4.79 Å². The van der Waals surface area contributed by atoms with Gasteiger partial charge in [-0.3, -0.25) is 4.79 Å². The predicted octanol–water partition coefficient (Wildman–Crippen LogP) is 2.59. The second-order valence-electron chi connectivity index (χ2n) is 5.04. The van der Waals surface area contributed by atoms with Crippen molar-refractivity contribution in [1.29, 1.82) is 0 Å². The molecular formula is C18H19N3O. The normalized spacial score (nSPS) is 12.0. The molecule has 22 heavy (non-hydrogen) atoms. The molecule has 2 aromatic rings. The number of aliphatic imine (C=N–C) groups is 1. The van der Waals surface area contributed by atoms with Crippen LogP contribution in [0.2, 0.25) is 0 Å². The minimum absolute atomic E-state index is 0.227. The summed E-state index contributed by atoms with van der Waals surface area (Å²) in [6.07, 6.45) is 3.73. The van der Waals surface area contributed by atoms with Crippen LogP contribution in [0.1, 0.15) is 22.6 Å². The Kier molecular flexibility index (Phi) is 5.09. The number of aryl methyl sites for hydroxylation is 1. The summed E-state index contributed by atoms with van der Waals surface area (Å²) in [5, 5.41) is 0. The van der Waals surface area contributed by atoms with E-state index in [1.165, 1.54) is 0 Å². The quantitative estimate of drug-likeness (QED) is 0.671. The Bertz CT molecular complexity index is 701. The highest BCUT2D eigenvalue weighted by atomic mass is 16.1. The Hall–Kier alpha value is -2.88. The molecule has 112 valence electrons. The van der Waals surface area contributed by atoms with Gasteiger partial charge in [0, 0.05) is 0 Å². The molecule has 0 fully saturated rings. The Balaban J connectivity index is 2.33. The fraction of sp³-hybridized carbons (Fsp3) is 0.111. The molecule has 0 aliphatic carbocycles. The van der Waals surface area contributed by atoms with Crippen molar-refractivity contribution >= 4 is 17.9 Å². The van der Waals surface area contributed by atoms with Crippen molar-refractivity contribution in [1.82, 2.24) is 0 Å². The maximum Gasteiger partial charge on any atom is 0.260 e. The van der Waals surface area contributed by atoms with Gasteiger partial charge >= 0.3 is 0 Å². The number of benzene rings is 2. The van der Waals surface area contributed by atoms with E-state index in [1.54, 1.807) is 0 Å². The van der Waals surface area contributed by atoms with Crippen molar-refractivity contribution in [3.8, 4) is 0 Å². The van der Waals surface area contributed by atoms with E-state index in [9.17, 15) is 4.79 Å². The maximum absolute atomic E-state index is 12.2. The molecule has 0 saturated heterocycles. The van der Waals surface area contributed by atoms with Crippen molar-refractivity contribution in [2.45, 2.75) is 12.8 Å². The van der Waals surface area contributed by atoms with Crippen LogP contribution in [-0.4, -0.2) is 11.9 Å². The highest BCUT2D eigenvalue weighted by Crippen LogP contribution is 2.20. The van der Waals surface area contributed by atoms with Crippen LogP contribution >= 0.6 is 0 Å². The summed E-state index contributed by atoms with van der Waals surface area (Å²) in [7, 11) is 0. The second kappa shape index (κ2) is 7.22. The minimum Gasteiger partial charge on any atom is -0.370 e. The number of carbonyl (C=O) groups is 1. The van der Waals surface area contributed by atoms with E-state index >= 15 is 0 Å². The molecule has 0 bridgehead atoms. The Labute approximate surface area is 130 Å². The third-order valence-corrected chi connectivity index (χ3v) is 3.19. The van der Waals surface area contributed by atoms with Crippen LogP contribution in [0.25, 0.3) is 6.08 Å². The molecule has 4 nitrogen and oxygen atoms in total. The van der Waals surface area contributed by atoms with Crippen molar-refractivity contribution in [2.24, 2.45) is 16.5 Å². The standard InChI is InChI=1S/C18H19N3O/c1-13-6-5-7-14(12-13)10-11-16(17(22)21-18(19)20)15-8-3-2-4-9-15/h2-12,16H,1H3,(H4,19,20,21,22)/b11-10+. The molecule has 4 N–H and O–H groups in total. The van der Waals surface area contributed by atoms with Crippen LogP contribution in [0.4, 0.5) is 0 Å². The average molecular weight is 293 g/mol. The highest BCUT2D eigenvalue weighted by Gasteiger charge is 2.17. The van der Waals surface area contributed by atoms with Crippen LogP contribution < -0.4 is 11.5 Å². The first kappa shape index (κ1) is 15.5. The predicted molar refractivity (Wildman–Crippen MR) is 90.2 cm³/mol. The molecule has 0 spiro atoms. The zero-order valence-electron chi connectivity index (χ0n) is 12.4. The van der Waals surface area contributed by atoms with Gasteiger partial charge in [-0.2, -0.15) is 4.99 Å². The first-order valence-corrected chi connectivity index (χ1v) is 6.99. The van der Waals surface area contributed by atoms with Crippen molar-refractivity contribution < 1.29 is 4.79 Å². The van der Waals surface area contributed by atoms with Gasteiger partial charge in [-0.05, 0) is 18.1 Å². The molecular weight excluding hydrogens is 274 g/mol. The largest absolute Gasteiger partial charge is 0.370 e. The lowest BCUT2D eigenvalue weighted by Crippen LogP contribution is -2.25. The van der Waals surface area contributed by atoms with E-state index in [4.69, 9.17) is 11.5 Å². The first-order chi connectivity index (χ1) is 10.6. The number of nitrogens with two attached hydrogens (primary N) is 2. The van der Waals surface area contributed by atoms with Gasteiger partial charge in [-0.1, -0.05) is 72.3 Å². The van der Waals surface area contributed by atoms with Gasteiger partial charge in [0.1, 0.15) is 0 Å². The van der Waals surface area contributed by atoms with E-state index in [-0.39, 0.29) is 11.9 Å². The number of amides is 1.